The van der Waals surface area contributed by atoms with Gasteiger partial charge in [-0.05, 0) is 0 Å². The average molecular weight is 92.1 g/mol. The second-order valence-electron chi connectivity index (χ2n) is 0.224. The molecule has 0 aliphatic heterocycles. The molecule has 0 aliphatic rings. The highest BCUT2D eigenvalue weighted by Gasteiger charge is 1.68. The van der Waals surface area contributed by atoms with Gasteiger partial charge in [-0.3, -0.25) is 0 Å². The van der Waals surface area contributed by atoms with Crippen LogP contribution in [0.15, 0.2) is 0 Å². The molecule has 0 aromatic heterocycles. The molecule has 28 valence electrons. The Bertz CT molecular complexity index is 30.6. The van der Waals surface area contributed by atoms with Crippen molar-refractivity contribution in [3.8, 4) is 0 Å². The standard InChI is InChI=1S/NO2S.N/c2-1(3)4;. The van der Waals surface area contributed by atoms with Crippen molar-refractivity contribution in [1.29, 1.82) is 0 Å². The summed E-state index contributed by atoms with van der Waals surface area (Å²) in [5.74, 6) is 0. The normalized spacial score (nSPS) is 4.80. The lowest BCUT2D eigenvalue weighted by atomic mass is 13.4. The molecule has 5 heavy (non-hydrogen) atoms. The summed E-state index contributed by atoms with van der Waals surface area (Å²) in [6.07, 6.45) is 0. The minimum Gasteiger partial charge on any atom is -0.244 e. The quantitative estimate of drug-likeness (QED) is 0.309. The van der Waals surface area contributed by atoms with E-state index in [2.05, 4.69) is 12.8 Å². The number of hydrogen-bond donors (Lipinski definition) is 0. The molecule has 0 N–H and O–H groups in total. The van der Waals surface area contributed by atoms with Gasteiger partial charge in [-0.25, -0.2) is 10.1 Å². The Morgan fingerprint density at radius 1 is 1.80 bits per heavy atom. The second-order valence-corrected chi connectivity index (χ2v) is 0.522. The van der Waals surface area contributed by atoms with Crippen LogP contribution < -0.4 is 6.15 Å². The molecule has 0 fully saturated rings. The maximum Gasteiger partial charge on any atom is 0.341 e. The molecule has 0 rings (SSSR count). The highest BCUT2D eigenvalue weighted by atomic mass is 32.1. The van der Waals surface area contributed by atoms with Crippen molar-refractivity contribution in [1.82, 2.24) is 6.15 Å². The molecule has 4 radical (unpaired) electrons. The third kappa shape index (κ3) is 50.7. The van der Waals surface area contributed by atoms with E-state index in [4.69, 9.17) is 10.1 Å². The monoisotopic (exact) mass is 92.0 g/mol. The molecule has 0 bridgehead atoms. The van der Waals surface area contributed by atoms with Gasteiger partial charge in [0.05, 0.1) is 0 Å². The first-order valence-corrected chi connectivity index (χ1v) is 0.913. The Morgan fingerprint density at radius 3 is 1.80 bits per heavy atom. The van der Waals surface area contributed by atoms with Crippen LogP contribution >= 0.6 is 12.8 Å². The summed E-state index contributed by atoms with van der Waals surface area (Å²) < 4.78 is -0.917. The van der Waals surface area contributed by atoms with Crippen molar-refractivity contribution in [2.24, 2.45) is 0 Å². The van der Waals surface area contributed by atoms with Crippen LogP contribution in [-0.2, 0) is 0 Å². The SMILES string of the molecule is O=[N+]([O-])[S].[N]. The van der Waals surface area contributed by atoms with Crippen LogP contribution in [0.25, 0.3) is 0 Å². The minimum atomic E-state index is -0.917. The summed E-state index contributed by atoms with van der Waals surface area (Å²) >= 11 is 3.34. The smallest absolute Gasteiger partial charge is 0.244 e. The van der Waals surface area contributed by atoms with E-state index in [1.54, 1.807) is 0 Å². The molecule has 0 heterocycles. The van der Waals surface area contributed by atoms with Crippen LogP contribution in [0.2, 0.25) is 0 Å². The van der Waals surface area contributed by atoms with E-state index < -0.39 is 4.33 Å². The maximum absolute atomic E-state index is 8.62. The Hall–Kier alpha value is -0.420. The molecule has 0 aromatic carbocycles. The molecule has 0 saturated heterocycles. The fraction of sp³-hybridized carbons (Fsp3) is 0. The molecule has 0 aliphatic carbocycles. The molecule has 0 aromatic rings. The lowest BCUT2D eigenvalue weighted by molar-refractivity contribution is -0.278. The van der Waals surface area contributed by atoms with Crippen molar-refractivity contribution in [2.45, 2.75) is 0 Å². The summed E-state index contributed by atoms with van der Waals surface area (Å²) in [5.41, 5.74) is 0. The van der Waals surface area contributed by atoms with Gasteiger partial charge in [0.25, 0.3) is 0 Å². The Kier molecular flexibility index (Phi) is 6.31. The van der Waals surface area contributed by atoms with Gasteiger partial charge in [0.15, 0.2) is 0 Å². The van der Waals surface area contributed by atoms with Gasteiger partial charge in [-0.2, -0.15) is 0 Å². The van der Waals surface area contributed by atoms with Gasteiger partial charge in [-0.15, -0.1) is 0 Å². The van der Waals surface area contributed by atoms with E-state index in [1.165, 1.54) is 0 Å². The van der Waals surface area contributed by atoms with Crippen molar-refractivity contribution < 1.29 is 4.33 Å². The summed E-state index contributed by atoms with van der Waals surface area (Å²) in [4.78, 5) is 8.62. The van der Waals surface area contributed by atoms with E-state index >= 15 is 0 Å². The minimum absolute atomic E-state index is 0. The van der Waals surface area contributed by atoms with E-state index in [0.717, 1.165) is 0 Å². The predicted molar refractivity (Wildman–Crippen MR) is 16.7 cm³/mol. The van der Waals surface area contributed by atoms with E-state index in [1.807, 2.05) is 0 Å². The highest BCUT2D eigenvalue weighted by Crippen LogP contribution is 1.63. The van der Waals surface area contributed by atoms with Crippen LogP contribution in [0.3, 0.4) is 0 Å². The van der Waals surface area contributed by atoms with Gasteiger partial charge in [-0.1, -0.05) is 0 Å². The van der Waals surface area contributed by atoms with Crippen molar-refractivity contribution in [3.63, 3.8) is 0 Å². The summed E-state index contributed by atoms with van der Waals surface area (Å²) in [6, 6.07) is 0. The van der Waals surface area contributed by atoms with Crippen LogP contribution in [0.1, 0.15) is 0 Å². The molecule has 0 atom stereocenters. The van der Waals surface area contributed by atoms with Crippen LogP contribution in [0.5, 0.6) is 0 Å². The third-order valence-electron chi connectivity index (χ3n) is 0. The van der Waals surface area contributed by atoms with Crippen LogP contribution in [-0.4, -0.2) is 4.33 Å². The van der Waals surface area contributed by atoms with Gasteiger partial charge < -0.3 is 0 Å². The first-order chi connectivity index (χ1) is 1.73. The predicted octanol–water partition coefficient (Wildman–Crippen LogP) is -0.105. The zero-order chi connectivity index (χ0) is 3.58. The molecule has 5 heteroatoms. The van der Waals surface area contributed by atoms with Gasteiger partial charge in [0.2, 0.25) is 0 Å². The molecular weight excluding hydrogens is 92.1 g/mol. The van der Waals surface area contributed by atoms with Crippen LogP contribution in [0, 0.1) is 10.1 Å². The molecule has 0 amide bonds. The van der Waals surface area contributed by atoms with E-state index in [-0.39, 0.29) is 6.15 Å². The number of hydrogen-bond acceptors (Lipinski definition) is 2. The van der Waals surface area contributed by atoms with Gasteiger partial charge >= 0.3 is 12.8 Å². The largest absolute Gasteiger partial charge is 0.341 e. The zero-order valence-electron chi connectivity index (χ0n) is 2.12. The third-order valence-corrected chi connectivity index (χ3v) is 0. The lowest BCUT2D eigenvalue weighted by Gasteiger charge is -1.54. The maximum atomic E-state index is 8.62. The summed E-state index contributed by atoms with van der Waals surface area (Å²) in [5, 5.41) is 8.62. The fourth-order valence-corrected chi connectivity index (χ4v) is 0. The number of nitrogens with zero attached hydrogens (tertiary/aromatic N) is 2. The molecule has 0 unspecified atom stereocenters. The Labute approximate surface area is 34.5 Å². The van der Waals surface area contributed by atoms with E-state index in [9.17, 15) is 0 Å². The topological polar surface area (TPSA) is 73.6 Å². The molecule has 0 spiro atoms. The van der Waals surface area contributed by atoms with Crippen molar-refractivity contribution in [3.05, 3.63) is 10.1 Å². The number of rotatable bonds is 0. The lowest BCUT2D eigenvalue weighted by Crippen LogP contribution is -1.66. The Balaban J connectivity index is 0. The average Bonchev–Trinajstić information content (AvgIpc) is 0.811. The first kappa shape index (κ1) is 8.82. The second kappa shape index (κ2) is 3.58. The van der Waals surface area contributed by atoms with Crippen LogP contribution in [0.4, 0.5) is 0 Å². The summed E-state index contributed by atoms with van der Waals surface area (Å²) in [7, 11) is 0. The zero-order valence-corrected chi connectivity index (χ0v) is 2.94. The first-order valence-electron chi connectivity index (χ1n) is 0.548. The van der Waals surface area contributed by atoms with Gasteiger partial charge in [0, 0.05) is 6.15 Å². The van der Waals surface area contributed by atoms with Gasteiger partial charge in [0.1, 0.15) is 4.33 Å². The molecule has 0 saturated carbocycles. The summed E-state index contributed by atoms with van der Waals surface area (Å²) in [6.45, 7) is 0. The fourth-order valence-electron chi connectivity index (χ4n) is 0. The Morgan fingerprint density at radius 2 is 1.80 bits per heavy atom. The van der Waals surface area contributed by atoms with Crippen molar-refractivity contribution in [2.75, 3.05) is 0 Å². The molecule has 4 nitrogen and oxygen atoms in total. The van der Waals surface area contributed by atoms with Crippen molar-refractivity contribution >= 4 is 12.8 Å². The number of nitro groups is 1. The van der Waals surface area contributed by atoms with E-state index in [0.29, 0.717) is 0 Å². The molecular formula is N2O2S. The highest BCUT2D eigenvalue weighted by molar-refractivity contribution is 7.73.